The van der Waals surface area contributed by atoms with Gasteiger partial charge in [0, 0.05) is 28.3 Å². The summed E-state index contributed by atoms with van der Waals surface area (Å²) in [7, 11) is 0.987. The van der Waals surface area contributed by atoms with Crippen molar-refractivity contribution in [1.29, 1.82) is 0 Å². The molecule has 0 aliphatic heterocycles. The molecule has 1 aliphatic rings. The van der Waals surface area contributed by atoms with Gasteiger partial charge in [0.2, 0.25) is 0 Å². The zero-order valence-corrected chi connectivity index (χ0v) is 13.5. The minimum atomic E-state index is -0.727. The Hall–Kier alpha value is -0.870. The average molecular weight is 295 g/mol. The van der Waals surface area contributed by atoms with Crippen LogP contribution in [0.4, 0.5) is 0 Å². The van der Waals surface area contributed by atoms with Crippen molar-refractivity contribution >= 4 is 10.8 Å². The Labute approximate surface area is 124 Å². The number of nitrogens with one attached hydrogen (secondary N) is 1. The van der Waals surface area contributed by atoms with Gasteiger partial charge in [-0.05, 0) is 55.5 Å². The lowest BCUT2D eigenvalue weighted by Crippen LogP contribution is -2.28. The summed E-state index contributed by atoms with van der Waals surface area (Å²) in [6.07, 6.45) is 6.30. The fourth-order valence-corrected chi connectivity index (χ4v) is 3.19. The Morgan fingerprint density at radius 2 is 2.30 bits per heavy atom. The summed E-state index contributed by atoms with van der Waals surface area (Å²) in [6.45, 7) is 2.97. The lowest BCUT2D eigenvalue weighted by Gasteiger charge is -2.27. The Morgan fingerprint density at radius 1 is 1.50 bits per heavy atom. The minimum Gasteiger partial charge on any atom is -0.497 e. The molecule has 0 fully saturated rings. The molecular weight excluding hydrogens is 270 g/mol. The summed E-state index contributed by atoms with van der Waals surface area (Å²) in [5.41, 5.74) is 2.81. The van der Waals surface area contributed by atoms with Gasteiger partial charge >= 0.3 is 0 Å². The Morgan fingerprint density at radius 3 is 3.00 bits per heavy atom. The van der Waals surface area contributed by atoms with Crippen LogP contribution in [0.5, 0.6) is 5.75 Å². The van der Waals surface area contributed by atoms with Crippen molar-refractivity contribution in [2.45, 2.75) is 43.9 Å². The number of hydrogen-bond acceptors (Lipinski definition) is 3. The zero-order chi connectivity index (χ0) is 14.5. The van der Waals surface area contributed by atoms with E-state index in [1.165, 1.54) is 24.0 Å². The number of aryl methyl sites for hydroxylation is 1. The van der Waals surface area contributed by atoms with Crippen LogP contribution < -0.4 is 10.1 Å². The Bertz CT molecular complexity index is 476. The van der Waals surface area contributed by atoms with Crippen LogP contribution in [0, 0.1) is 0 Å². The molecule has 3 unspecified atom stereocenters. The summed E-state index contributed by atoms with van der Waals surface area (Å²) in [6, 6.07) is 6.80. The second-order valence-corrected chi connectivity index (χ2v) is 7.36. The topological polar surface area (TPSA) is 38.3 Å². The fraction of sp³-hybridized carbons (Fsp3) is 0.625. The van der Waals surface area contributed by atoms with Gasteiger partial charge in [0.25, 0.3) is 0 Å². The van der Waals surface area contributed by atoms with Gasteiger partial charge < -0.3 is 10.1 Å². The molecule has 0 aromatic heterocycles. The van der Waals surface area contributed by atoms with Crippen molar-refractivity contribution in [1.82, 2.24) is 5.32 Å². The molecule has 3 atom stereocenters. The van der Waals surface area contributed by atoms with Gasteiger partial charge in [-0.3, -0.25) is 4.21 Å². The molecule has 2 rings (SSSR count). The average Bonchev–Trinajstić information content (AvgIpc) is 2.46. The van der Waals surface area contributed by atoms with Crippen LogP contribution in [-0.4, -0.2) is 29.4 Å². The van der Waals surface area contributed by atoms with Crippen LogP contribution >= 0.6 is 0 Å². The highest BCUT2D eigenvalue weighted by Gasteiger charge is 2.20. The van der Waals surface area contributed by atoms with Crippen LogP contribution in [0.15, 0.2) is 18.2 Å². The predicted molar refractivity (Wildman–Crippen MR) is 84.8 cm³/mol. The fourth-order valence-electron chi connectivity index (χ4n) is 2.74. The Kier molecular flexibility index (Phi) is 5.61. The molecule has 1 N–H and O–H groups in total. The van der Waals surface area contributed by atoms with E-state index in [4.69, 9.17) is 4.74 Å². The van der Waals surface area contributed by atoms with E-state index in [-0.39, 0.29) is 5.25 Å². The molecular formula is C16H25NO2S. The first-order valence-corrected chi connectivity index (χ1v) is 8.96. The second-order valence-electron chi connectivity index (χ2n) is 5.56. The maximum atomic E-state index is 11.4. The number of fused-ring (bicyclic) bond motifs is 1. The molecule has 0 saturated carbocycles. The largest absolute Gasteiger partial charge is 0.497 e. The van der Waals surface area contributed by atoms with Crippen LogP contribution in [0.2, 0.25) is 0 Å². The summed E-state index contributed by atoms with van der Waals surface area (Å²) in [5, 5.41) is 3.88. The Balaban J connectivity index is 1.99. The highest BCUT2D eigenvalue weighted by Crippen LogP contribution is 2.32. The van der Waals surface area contributed by atoms with Gasteiger partial charge in [0.05, 0.1) is 7.11 Å². The van der Waals surface area contributed by atoms with E-state index < -0.39 is 10.8 Å². The van der Waals surface area contributed by atoms with Crippen molar-refractivity contribution < 1.29 is 8.95 Å². The lowest BCUT2D eigenvalue weighted by atomic mass is 9.87. The molecule has 0 spiro atoms. The van der Waals surface area contributed by atoms with Crippen LogP contribution in [0.1, 0.15) is 43.4 Å². The van der Waals surface area contributed by atoms with E-state index >= 15 is 0 Å². The molecule has 1 aromatic rings. The number of rotatable bonds is 6. The molecule has 0 heterocycles. The van der Waals surface area contributed by atoms with Crippen molar-refractivity contribution in [2.75, 3.05) is 19.9 Å². The first-order chi connectivity index (χ1) is 9.61. The van der Waals surface area contributed by atoms with Gasteiger partial charge in [-0.15, -0.1) is 0 Å². The third-order valence-corrected chi connectivity index (χ3v) is 5.54. The lowest BCUT2D eigenvalue weighted by molar-refractivity contribution is 0.408. The standard InChI is InChI=1S/C16H25NO2S/c1-12(20(3)18)9-10-17-16-6-4-5-13-7-8-14(19-2)11-15(13)16/h7-8,11-12,16-17H,4-6,9-10H2,1-3H3. The van der Waals surface area contributed by atoms with E-state index in [1.807, 2.05) is 6.07 Å². The van der Waals surface area contributed by atoms with E-state index in [1.54, 1.807) is 13.4 Å². The first-order valence-electron chi connectivity index (χ1n) is 7.34. The molecule has 1 aliphatic carbocycles. The van der Waals surface area contributed by atoms with E-state index in [0.29, 0.717) is 6.04 Å². The summed E-state index contributed by atoms with van der Waals surface area (Å²) in [5.74, 6) is 0.931. The van der Waals surface area contributed by atoms with Crippen molar-refractivity contribution in [2.24, 2.45) is 0 Å². The normalized spacial score (nSPS) is 21.1. The highest BCUT2D eigenvalue weighted by atomic mass is 32.2. The summed E-state index contributed by atoms with van der Waals surface area (Å²) < 4.78 is 16.7. The van der Waals surface area contributed by atoms with E-state index in [9.17, 15) is 4.21 Å². The van der Waals surface area contributed by atoms with Gasteiger partial charge in [-0.25, -0.2) is 0 Å². The number of methoxy groups -OCH3 is 1. The van der Waals surface area contributed by atoms with Gasteiger partial charge in [0.1, 0.15) is 5.75 Å². The molecule has 3 nitrogen and oxygen atoms in total. The molecule has 0 saturated heterocycles. The number of ether oxygens (including phenoxy) is 1. The summed E-state index contributed by atoms with van der Waals surface area (Å²) in [4.78, 5) is 0. The SMILES string of the molecule is COc1ccc2c(c1)C(NCCC(C)S(C)=O)CCC2. The molecule has 1 aromatic carbocycles. The number of benzene rings is 1. The first kappa shape index (κ1) is 15.5. The molecule has 4 heteroatoms. The van der Waals surface area contributed by atoms with Crippen molar-refractivity contribution in [3.63, 3.8) is 0 Å². The number of hydrogen-bond donors (Lipinski definition) is 1. The van der Waals surface area contributed by atoms with E-state index in [0.717, 1.165) is 25.1 Å². The van der Waals surface area contributed by atoms with Gasteiger partial charge in [-0.2, -0.15) is 0 Å². The summed E-state index contributed by atoms with van der Waals surface area (Å²) >= 11 is 0. The van der Waals surface area contributed by atoms with Crippen LogP contribution in [-0.2, 0) is 17.2 Å². The third-order valence-electron chi connectivity index (χ3n) is 4.18. The smallest absolute Gasteiger partial charge is 0.119 e. The van der Waals surface area contributed by atoms with Gasteiger partial charge in [-0.1, -0.05) is 13.0 Å². The predicted octanol–water partition coefficient (Wildman–Crippen LogP) is 2.82. The third kappa shape index (κ3) is 3.83. The van der Waals surface area contributed by atoms with E-state index in [2.05, 4.69) is 24.4 Å². The van der Waals surface area contributed by atoms with Crippen LogP contribution in [0.25, 0.3) is 0 Å². The maximum absolute atomic E-state index is 11.4. The monoisotopic (exact) mass is 295 g/mol. The van der Waals surface area contributed by atoms with Crippen molar-refractivity contribution in [3.8, 4) is 5.75 Å². The highest BCUT2D eigenvalue weighted by molar-refractivity contribution is 7.84. The molecule has 0 radical (unpaired) electrons. The molecule has 0 amide bonds. The molecule has 0 bridgehead atoms. The van der Waals surface area contributed by atoms with Gasteiger partial charge in [0.15, 0.2) is 0 Å². The maximum Gasteiger partial charge on any atom is 0.119 e. The molecule has 112 valence electrons. The van der Waals surface area contributed by atoms with Crippen molar-refractivity contribution in [3.05, 3.63) is 29.3 Å². The quantitative estimate of drug-likeness (QED) is 0.877. The second kappa shape index (κ2) is 7.23. The molecule has 20 heavy (non-hydrogen) atoms. The van der Waals surface area contributed by atoms with Crippen LogP contribution in [0.3, 0.4) is 0 Å². The zero-order valence-electron chi connectivity index (χ0n) is 12.6. The minimum absolute atomic E-state index is 0.260.